The molecule has 1 aromatic carbocycles. The summed E-state index contributed by atoms with van der Waals surface area (Å²) in [6.45, 7) is 7.47. The quantitative estimate of drug-likeness (QED) is 0.723. The molecule has 0 aromatic heterocycles. The van der Waals surface area contributed by atoms with Gasteiger partial charge in [0.2, 0.25) is 0 Å². The molecule has 0 heterocycles. The van der Waals surface area contributed by atoms with Crippen molar-refractivity contribution in [1.29, 1.82) is 0 Å². The van der Waals surface area contributed by atoms with Crippen molar-refractivity contribution in [2.45, 2.75) is 65.2 Å². The molecule has 22 heavy (non-hydrogen) atoms. The van der Waals surface area contributed by atoms with Crippen LogP contribution >= 0.6 is 0 Å². The standard InChI is InChI=1S/C21H30O/c1-4-15-5-8-19-20-13(2)11-14-12-16(22)6-7-17(14)18(20)9-10-21(15,19)3/h6-7,12-13,15,18-20,22H,4-5,8-11H2,1-3H3/t13?,15-,18+,19-,20+,21+/m0/s1. The van der Waals surface area contributed by atoms with E-state index in [0.29, 0.717) is 11.2 Å². The summed E-state index contributed by atoms with van der Waals surface area (Å²) in [6, 6.07) is 6.16. The van der Waals surface area contributed by atoms with Crippen molar-refractivity contribution in [3.05, 3.63) is 29.3 Å². The van der Waals surface area contributed by atoms with Crippen LogP contribution in [0.2, 0.25) is 0 Å². The van der Waals surface area contributed by atoms with Crippen LogP contribution in [0.1, 0.15) is 69.9 Å². The number of phenolic OH excluding ortho intramolecular Hbond substituents is 1. The lowest BCUT2D eigenvalue weighted by Crippen LogP contribution is -2.45. The Kier molecular flexibility index (Phi) is 3.33. The number of benzene rings is 1. The third-order valence-corrected chi connectivity index (χ3v) is 7.75. The van der Waals surface area contributed by atoms with E-state index in [0.717, 1.165) is 36.0 Å². The van der Waals surface area contributed by atoms with Crippen LogP contribution < -0.4 is 0 Å². The summed E-state index contributed by atoms with van der Waals surface area (Å²) >= 11 is 0. The monoisotopic (exact) mass is 298 g/mol. The summed E-state index contributed by atoms with van der Waals surface area (Å²) in [5.41, 5.74) is 3.57. The maximum Gasteiger partial charge on any atom is 0.115 e. The Balaban J connectivity index is 1.73. The number of rotatable bonds is 1. The molecule has 1 nitrogen and oxygen atoms in total. The summed E-state index contributed by atoms with van der Waals surface area (Å²) in [6.07, 6.45) is 8.20. The molecule has 3 aliphatic rings. The van der Waals surface area contributed by atoms with Gasteiger partial charge in [-0.3, -0.25) is 0 Å². The van der Waals surface area contributed by atoms with Crippen molar-refractivity contribution in [2.75, 3.05) is 0 Å². The van der Waals surface area contributed by atoms with Crippen molar-refractivity contribution in [3.63, 3.8) is 0 Å². The predicted molar refractivity (Wildman–Crippen MR) is 91.1 cm³/mol. The van der Waals surface area contributed by atoms with E-state index >= 15 is 0 Å². The van der Waals surface area contributed by atoms with Gasteiger partial charge in [-0.15, -0.1) is 0 Å². The SMILES string of the molecule is CC[C@H]1CC[C@H]2[C@@H]3C(C)Cc4cc(O)ccc4[C@H]3CC[C@]12C. The van der Waals surface area contributed by atoms with Gasteiger partial charge in [0.1, 0.15) is 5.75 Å². The molecule has 0 amide bonds. The first-order valence-electron chi connectivity index (χ1n) is 9.36. The second-order valence-electron chi connectivity index (χ2n) is 8.58. The Morgan fingerprint density at radius 3 is 2.82 bits per heavy atom. The Morgan fingerprint density at radius 1 is 1.23 bits per heavy atom. The maximum absolute atomic E-state index is 9.83. The van der Waals surface area contributed by atoms with E-state index in [1.165, 1.54) is 37.7 Å². The molecule has 0 saturated heterocycles. The Morgan fingerprint density at radius 2 is 2.05 bits per heavy atom. The van der Waals surface area contributed by atoms with Gasteiger partial charge >= 0.3 is 0 Å². The summed E-state index contributed by atoms with van der Waals surface area (Å²) in [7, 11) is 0. The highest BCUT2D eigenvalue weighted by molar-refractivity contribution is 5.40. The highest BCUT2D eigenvalue weighted by Gasteiger charge is 2.55. The highest BCUT2D eigenvalue weighted by atomic mass is 16.3. The van der Waals surface area contributed by atoms with Crippen LogP contribution in [0.15, 0.2) is 18.2 Å². The molecule has 0 spiro atoms. The molecule has 1 heteroatoms. The molecule has 2 saturated carbocycles. The van der Waals surface area contributed by atoms with Gasteiger partial charge in [-0.25, -0.2) is 0 Å². The molecule has 0 aliphatic heterocycles. The van der Waals surface area contributed by atoms with E-state index in [-0.39, 0.29) is 0 Å². The fraction of sp³-hybridized carbons (Fsp3) is 0.714. The van der Waals surface area contributed by atoms with Crippen molar-refractivity contribution < 1.29 is 5.11 Å². The number of phenols is 1. The van der Waals surface area contributed by atoms with Crippen LogP contribution in [0.25, 0.3) is 0 Å². The van der Waals surface area contributed by atoms with Crippen molar-refractivity contribution >= 4 is 0 Å². The van der Waals surface area contributed by atoms with E-state index in [2.05, 4.69) is 26.8 Å². The largest absolute Gasteiger partial charge is 0.508 e. The van der Waals surface area contributed by atoms with Gasteiger partial charge in [0.25, 0.3) is 0 Å². The molecular weight excluding hydrogens is 268 g/mol. The molecule has 0 bridgehead atoms. The number of hydrogen-bond donors (Lipinski definition) is 1. The van der Waals surface area contributed by atoms with Gasteiger partial charge < -0.3 is 5.11 Å². The molecule has 1 aromatic rings. The smallest absolute Gasteiger partial charge is 0.115 e. The highest BCUT2D eigenvalue weighted by Crippen LogP contribution is 2.64. The van der Waals surface area contributed by atoms with Crippen LogP contribution in [0.3, 0.4) is 0 Å². The van der Waals surface area contributed by atoms with E-state index in [1.807, 2.05) is 12.1 Å². The normalized spacial score (nSPS) is 43.3. The van der Waals surface area contributed by atoms with Gasteiger partial charge in [0.15, 0.2) is 0 Å². The van der Waals surface area contributed by atoms with Gasteiger partial charge in [-0.1, -0.05) is 33.3 Å². The molecule has 120 valence electrons. The van der Waals surface area contributed by atoms with Gasteiger partial charge in [-0.05, 0) is 90.4 Å². The molecule has 0 radical (unpaired) electrons. The van der Waals surface area contributed by atoms with E-state index < -0.39 is 0 Å². The fourth-order valence-corrected chi connectivity index (χ4v) is 6.74. The first-order chi connectivity index (χ1) is 10.5. The van der Waals surface area contributed by atoms with E-state index in [1.54, 1.807) is 5.56 Å². The Hall–Kier alpha value is -0.980. The van der Waals surface area contributed by atoms with Gasteiger partial charge in [0, 0.05) is 0 Å². The Labute approximate surface area is 135 Å². The minimum Gasteiger partial charge on any atom is -0.508 e. The molecule has 1 N–H and O–H groups in total. The van der Waals surface area contributed by atoms with E-state index in [9.17, 15) is 5.11 Å². The van der Waals surface area contributed by atoms with Crippen LogP contribution in [0, 0.1) is 29.1 Å². The minimum atomic E-state index is 0.442. The summed E-state index contributed by atoms with van der Waals surface area (Å²) in [5, 5.41) is 9.83. The predicted octanol–water partition coefficient (Wildman–Crippen LogP) is 5.52. The number of aromatic hydroxyl groups is 1. The lowest BCUT2D eigenvalue weighted by molar-refractivity contribution is 0.00489. The minimum absolute atomic E-state index is 0.442. The van der Waals surface area contributed by atoms with E-state index in [4.69, 9.17) is 0 Å². The second-order valence-corrected chi connectivity index (χ2v) is 8.58. The van der Waals surface area contributed by atoms with Crippen LogP contribution in [-0.2, 0) is 6.42 Å². The van der Waals surface area contributed by atoms with Gasteiger partial charge in [0.05, 0.1) is 0 Å². The summed E-state index contributed by atoms with van der Waals surface area (Å²) < 4.78 is 0. The summed E-state index contributed by atoms with van der Waals surface area (Å²) in [4.78, 5) is 0. The molecule has 4 rings (SSSR count). The third kappa shape index (κ3) is 1.90. The molecule has 1 unspecified atom stereocenters. The second kappa shape index (κ2) is 5.01. The molecule has 2 fully saturated rings. The van der Waals surface area contributed by atoms with Crippen LogP contribution in [-0.4, -0.2) is 5.11 Å². The van der Waals surface area contributed by atoms with Crippen molar-refractivity contribution in [1.82, 2.24) is 0 Å². The Bertz CT molecular complexity index is 577. The first-order valence-corrected chi connectivity index (χ1v) is 9.36. The van der Waals surface area contributed by atoms with Crippen LogP contribution in [0.5, 0.6) is 5.75 Å². The average Bonchev–Trinajstić information content (AvgIpc) is 2.83. The average molecular weight is 298 g/mol. The fourth-order valence-electron chi connectivity index (χ4n) is 6.74. The molecule has 3 aliphatic carbocycles. The molecular formula is C21H30O. The zero-order valence-corrected chi connectivity index (χ0v) is 14.3. The topological polar surface area (TPSA) is 20.2 Å². The third-order valence-electron chi connectivity index (χ3n) is 7.75. The van der Waals surface area contributed by atoms with Crippen molar-refractivity contribution in [2.24, 2.45) is 29.1 Å². The van der Waals surface area contributed by atoms with Gasteiger partial charge in [-0.2, -0.15) is 0 Å². The number of hydrogen-bond acceptors (Lipinski definition) is 1. The lowest BCUT2D eigenvalue weighted by Gasteiger charge is -2.53. The van der Waals surface area contributed by atoms with Crippen LogP contribution in [0.4, 0.5) is 0 Å². The maximum atomic E-state index is 9.83. The lowest BCUT2D eigenvalue weighted by atomic mass is 9.51. The molecule has 6 atom stereocenters. The first kappa shape index (κ1) is 14.6. The summed E-state index contributed by atoms with van der Waals surface area (Å²) in [5.74, 6) is 4.69. The zero-order valence-electron chi connectivity index (χ0n) is 14.3. The van der Waals surface area contributed by atoms with Crippen molar-refractivity contribution in [3.8, 4) is 5.75 Å². The number of fused-ring (bicyclic) bond motifs is 5. The zero-order chi connectivity index (χ0) is 15.5.